The summed E-state index contributed by atoms with van der Waals surface area (Å²) < 4.78 is 19.0. The molecule has 1 saturated heterocycles. The minimum Gasteiger partial charge on any atom is -0.379 e. The van der Waals surface area contributed by atoms with Gasteiger partial charge < -0.3 is 20.7 Å². The standard InChI is InChI=1S/C21H34FN5O2.HI/c1-5-23-20(26-15-21(3,4)27-10-12-29-13-11-27)25-9-8-24-19(28)17-7-6-16(2)18(22)14-17;/h6-7,14H,5,8-13,15H2,1-4H3,(H,24,28)(H2,23,25,26);1H. The summed E-state index contributed by atoms with van der Waals surface area (Å²) in [5.74, 6) is 0.0470. The first-order chi connectivity index (χ1) is 13.8. The number of aliphatic imine (C=N–C) groups is 1. The zero-order chi connectivity index (χ0) is 21.3. The fraction of sp³-hybridized carbons (Fsp3) is 0.619. The van der Waals surface area contributed by atoms with Crippen LogP contribution in [0.25, 0.3) is 0 Å². The van der Waals surface area contributed by atoms with E-state index in [2.05, 4.69) is 34.7 Å². The zero-order valence-corrected chi connectivity index (χ0v) is 20.7. The predicted octanol–water partition coefficient (Wildman–Crippen LogP) is 2.15. The van der Waals surface area contributed by atoms with E-state index < -0.39 is 0 Å². The number of benzene rings is 1. The van der Waals surface area contributed by atoms with Crippen molar-refractivity contribution in [1.29, 1.82) is 0 Å². The lowest BCUT2D eigenvalue weighted by Gasteiger charge is -2.39. The van der Waals surface area contributed by atoms with Gasteiger partial charge >= 0.3 is 0 Å². The number of morpholine rings is 1. The summed E-state index contributed by atoms with van der Waals surface area (Å²) in [4.78, 5) is 19.2. The Balaban J connectivity index is 0.00000450. The SMILES string of the molecule is CCNC(=NCC(C)(C)N1CCOCC1)NCCNC(=O)c1ccc(C)c(F)c1.I. The summed E-state index contributed by atoms with van der Waals surface area (Å²) in [6.45, 7) is 13.7. The summed E-state index contributed by atoms with van der Waals surface area (Å²) in [7, 11) is 0. The molecule has 170 valence electrons. The van der Waals surface area contributed by atoms with E-state index in [1.807, 2.05) is 6.92 Å². The van der Waals surface area contributed by atoms with Crippen LogP contribution in [0.2, 0.25) is 0 Å². The average molecular weight is 535 g/mol. The molecule has 3 N–H and O–H groups in total. The molecular formula is C21H35FIN5O2. The van der Waals surface area contributed by atoms with Crippen molar-refractivity contribution in [3.63, 3.8) is 0 Å². The van der Waals surface area contributed by atoms with Gasteiger partial charge in [-0.3, -0.25) is 14.7 Å². The average Bonchev–Trinajstić information content (AvgIpc) is 2.71. The molecule has 1 amide bonds. The Morgan fingerprint density at radius 1 is 1.20 bits per heavy atom. The largest absolute Gasteiger partial charge is 0.379 e. The molecule has 30 heavy (non-hydrogen) atoms. The van der Waals surface area contributed by atoms with E-state index in [1.165, 1.54) is 6.07 Å². The molecule has 0 aliphatic carbocycles. The minimum atomic E-state index is -0.375. The molecule has 2 rings (SSSR count). The Labute approximate surface area is 196 Å². The quantitative estimate of drug-likeness (QED) is 0.206. The molecule has 0 unspecified atom stereocenters. The van der Waals surface area contributed by atoms with Crippen LogP contribution < -0.4 is 16.0 Å². The number of halogens is 2. The van der Waals surface area contributed by atoms with Crippen LogP contribution in [0.3, 0.4) is 0 Å². The maximum atomic E-state index is 13.6. The van der Waals surface area contributed by atoms with E-state index in [-0.39, 0.29) is 41.2 Å². The van der Waals surface area contributed by atoms with Crippen molar-refractivity contribution in [3.8, 4) is 0 Å². The van der Waals surface area contributed by atoms with E-state index in [0.29, 0.717) is 36.7 Å². The number of carbonyl (C=O) groups excluding carboxylic acids is 1. The van der Waals surface area contributed by atoms with Gasteiger partial charge in [0.2, 0.25) is 0 Å². The molecule has 1 fully saturated rings. The van der Waals surface area contributed by atoms with Crippen molar-refractivity contribution >= 4 is 35.8 Å². The Morgan fingerprint density at radius 2 is 1.87 bits per heavy atom. The lowest BCUT2D eigenvalue weighted by molar-refractivity contribution is -0.00683. The van der Waals surface area contributed by atoms with Crippen LogP contribution >= 0.6 is 24.0 Å². The maximum absolute atomic E-state index is 13.6. The first-order valence-corrected chi connectivity index (χ1v) is 10.2. The second-order valence-electron chi connectivity index (χ2n) is 7.75. The van der Waals surface area contributed by atoms with Crippen molar-refractivity contribution in [1.82, 2.24) is 20.9 Å². The summed E-state index contributed by atoms with van der Waals surface area (Å²) >= 11 is 0. The van der Waals surface area contributed by atoms with E-state index in [4.69, 9.17) is 9.73 Å². The number of hydrogen-bond acceptors (Lipinski definition) is 4. The number of nitrogens with one attached hydrogen (secondary N) is 3. The Morgan fingerprint density at radius 3 is 2.50 bits per heavy atom. The number of ether oxygens (including phenoxy) is 1. The van der Waals surface area contributed by atoms with Crippen molar-refractivity contribution in [3.05, 3.63) is 35.1 Å². The third-order valence-electron chi connectivity index (χ3n) is 4.97. The highest BCUT2D eigenvalue weighted by molar-refractivity contribution is 14.0. The zero-order valence-electron chi connectivity index (χ0n) is 18.4. The fourth-order valence-electron chi connectivity index (χ4n) is 3.08. The highest BCUT2D eigenvalue weighted by atomic mass is 127. The van der Waals surface area contributed by atoms with Gasteiger partial charge in [0.25, 0.3) is 5.91 Å². The lowest BCUT2D eigenvalue weighted by Crippen LogP contribution is -2.52. The van der Waals surface area contributed by atoms with Crippen LogP contribution in [-0.2, 0) is 4.74 Å². The van der Waals surface area contributed by atoms with Gasteiger partial charge in [0.15, 0.2) is 5.96 Å². The molecule has 0 spiro atoms. The van der Waals surface area contributed by atoms with E-state index in [1.54, 1.807) is 19.1 Å². The number of aryl methyl sites for hydroxylation is 1. The van der Waals surface area contributed by atoms with Crippen molar-refractivity contribution in [2.75, 3.05) is 52.5 Å². The van der Waals surface area contributed by atoms with Gasteiger partial charge in [0.05, 0.1) is 19.8 Å². The van der Waals surface area contributed by atoms with Gasteiger partial charge in [-0.05, 0) is 45.4 Å². The van der Waals surface area contributed by atoms with Crippen molar-refractivity contribution in [2.45, 2.75) is 33.2 Å². The molecule has 7 nitrogen and oxygen atoms in total. The molecule has 1 aliphatic heterocycles. The van der Waals surface area contributed by atoms with Crippen LogP contribution in [0, 0.1) is 12.7 Å². The smallest absolute Gasteiger partial charge is 0.251 e. The second-order valence-corrected chi connectivity index (χ2v) is 7.75. The fourth-order valence-corrected chi connectivity index (χ4v) is 3.08. The number of nitrogens with zero attached hydrogens (tertiary/aromatic N) is 2. The first-order valence-electron chi connectivity index (χ1n) is 10.2. The van der Waals surface area contributed by atoms with E-state index in [0.717, 1.165) is 32.8 Å². The molecule has 1 heterocycles. The number of hydrogen-bond donors (Lipinski definition) is 3. The van der Waals surface area contributed by atoms with Gasteiger partial charge in [-0.25, -0.2) is 4.39 Å². The normalized spacial score (nSPS) is 15.3. The Hall–Kier alpha value is -1.46. The number of rotatable bonds is 8. The molecule has 1 aromatic rings. The second kappa shape index (κ2) is 13.1. The van der Waals surface area contributed by atoms with Gasteiger partial charge in [-0.2, -0.15) is 0 Å². The monoisotopic (exact) mass is 535 g/mol. The topological polar surface area (TPSA) is 78.0 Å². The van der Waals surface area contributed by atoms with Gasteiger partial charge in [-0.15, -0.1) is 24.0 Å². The number of guanidine groups is 1. The van der Waals surface area contributed by atoms with E-state index in [9.17, 15) is 9.18 Å². The molecule has 1 aromatic carbocycles. The van der Waals surface area contributed by atoms with Crippen LogP contribution in [0.4, 0.5) is 4.39 Å². The molecule has 0 aromatic heterocycles. The molecule has 0 radical (unpaired) electrons. The molecule has 0 saturated carbocycles. The third kappa shape index (κ3) is 8.35. The maximum Gasteiger partial charge on any atom is 0.251 e. The molecule has 9 heteroatoms. The van der Waals surface area contributed by atoms with Crippen molar-refractivity contribution in [2.24, 2.45) is 4.99 Å². The highest BCUT2D eigenvalue weighted by Gasteiger charge is 2.28. The predicted molar refractivity (Wildman–Crippen MR) is 129 cm³/mol. The van der Waals surface area contributed by atoms with Gasteiger partial charge in [0.1, 0.15) is 5.82 Å². The number of carbonyl (C=O) groups is 1. The Kier molecular flexibility index (Phi) is 11.6. The summed E-state index contributed by atoms with van der Waals surface area (Å²) in [5, 5.41) is 9.25. The summed E-state index contributed by atoms with van der Waals surface area (Å²) in [6.07, 6.45) is 0. The van der Waals surface area contributed by atoms with Gasteiger partial charge in [0, 0.05) is 43.8 Å². The van der Waals surface area contributed by atoms with Crippen LogP contribution in [-0.4, -0.2) is 74.8 Å². The summed E-state index contributed by atoms with van der Waals surface area (Å²) in [6, 6.07) is 4.49. The van der Waals surface area contributed by atoms with E-state index >= 15 is 0 Å². The lowest BCUT2D eigenvalue weighted by atomic mass is 10.0. The molecular weight excluding hydrogens is 500 g/mol. The van der Waals surface area contributed by atoms with Gasteiger partial charge in [-0.1, -0.05) is 6.07 Å². The molecule has 0 bridgehead atoms. The van der Waals surface area contributed by atoms with Crippen molar-refractivity contribution < 1.29 is 13.9 Å². The highest BCUT2D eigenvalue weighted by Crippen LogP contribution is 2.16. The van der Waals surface area contributed by atoms with Crippen LogP contribution in [0.1, 0.15) is 36.7 Å². The van der Waals surface area contributed by atoms with Crippen LogP contribution in [0.5, 0.6) is 0 Å². The summed E-state index contributed by atoms with van der Waals surface area (Å²) in [5.41, 5.74) is 0.784. The Bertz CT molecular complexity index is 709. The first kappa shape index (κ1) is 26.6. The molecule has 0 atom stereocenters. The number of amides is 1. The third-order valence-corrected chi connectivity index (χ3v) is 4.97. The molecule has 1 aliphatic rings. The van der Waals surface area contributed by atoms with Crippen LogP contribution in [0.15, 0.2) is 23.2 Å². The minimum absolute atomic E-state index is 0.